The van der Waals surface area contributed by atoms with Gasteiger partial charge < -0.3 is 14.8 Å². The number of halogens is 1. The molecule has 0 saturated heterocycles. The third-order valence-electron chi connectivity index (χ3n) is 4.92. The van der Waals surface area contributed by atoms with Crippen LogP contribution in [-0.2, 0) is 14.8 Å². The number of aryl methyl sites for hydroxylation is 2. The Bertz CT molecular complexity index is 1230. The van der Waals surface area contributed by atoms with E-state index in [-0.39, 0.29) is 29.5 Å². The number of sulfonamides is 1. The molecule has 3 aromatic carbocycles. The third kappa shape index (κ3) is 6.42. The predicted octanol–water partition coefficient (Wildman–Crippen LogP) is 4.36. The first-order valence-corrected chi connectivity index (χ1v) is 12.4. The number of anilines is 1. The summed E-state index contributed by atoms with van der Waals surface area (Å²) in [7, 11) is -2.66. The van der Waals surface area contributed by atoms with E-state index in [9.17, 15) is 13.2 Å². The lowest BCUT2D eigenvalue weighted by Gasteiger charge is -2.25. The van der Waals surface area contributed by atoms with Crippen LogP contribution in [0.4, 0.5) is 5.69 Å². The van der Waals surface area contributed by atoms with Gasteiger partial charge in [-0.1, -0.05) is 35.9 Å². The second kappa shape index (κ2) is 11.3. The van der Waals surface area contributed by atoms with Crippen LogP contribution < -0.4 is 19.1 Å². The summed E-state index contributed by atoms with van der Waals surface area (Å²) >= 11 is 6.14. The molecule has 1 amide bonds. The number of benzene rings is 3. The highest BCUT2D eigenvalue weighted by Crippen LogP contribution is 2.34. The Morgan fingerprint density at radius 3 is 2.32 bits per heavy atom. The molecule has 0 aliphatic rings. The van der Waals surface area contributed by atoms with Crippen molar-refractivity contribution in [2.75, 3.05) is 31.1 Å². The molecule has 180 valence electrons. The predicted molar refractivity (Wildman–Crippen MR) is 133 cm³/mol. The molecule has 7 nitrogen and oxygen atoms in total. The lowest BCUT2D eigenvalue weighted by molar-refractivity contribution is -0.119. The first kappa shape index (κ1) is 25.4. The van der Waals surface area contributed by atoms with Crippen molar-refractivity contribution in [1.29, 1.82) is 0 Å². The zero-order valence-electron chi connectivity index (χ0n) is 19.2. The maximum atomic E-state index is 13.4. The summed E-state index contributed by atoms with van der Waals surface area (Å²) in [6.45, 7) is 3.94. The SMILES string of the molecule is COc1ccc(Cl)cc1N(CC(=O)NCCOc1cc(C)cc(C)c1)S(=O)(=O)c1ccccc1. The van der Waals surface area contributed by atoms with Gasteiger partial charge in [0, 0.05) is 5.02 Å². The van der Waals surface area contributed by atoms with Gasteiger partial charge in [-0.2, -0.15) is 0 Å². The fraction of sp³-hybridized carbons (Fsp3) is 0.240. The maximum absolute atomic E-state index is 13.4. The molecular weight excluding hydrogens is 476 g/mol. The summed E-state index contributed by atoms with van der Waals surface area (Å²) in [6, 6.07) is 18.3. The van der Waals surface area contributed by atoms with Crippen LogP contribution in [0.5, 0.6) is 11.5 Å². The molecule has 0 fully saturated rings. The van der Waals surface area contributed by atoms with Crippen molar-refractivity contribution >= 4 is 33.2 Å². The topological polar surface area (TPSA) is 84.9 Å². The van der Waals surface area contributed by atoms with Gasteiger partial charge in [-0.3, -0.25) is 9.10 Å². The molecule has 3 aromatic rings. The van der Waals surface area contributed by atoms with E-state index in [4.69, 9.17) is 21.1 Å². The van der Waals surface area contributed by atoms with Gasteiger partial charge in [0.1, 0.15) is 24.7 Å². The highest BCUT2D eigenvalue weighted by Gasteiger charge is 2.29. The number of carbonyl (C=O) groups excluding carboxylic acids is 1. The Kier molecular flexibility index (Phi) is 8.41. The molecule has 0 bridgehead atoms. The van der Waals surface area contributed by atoms with Gasteiger partial charge in [0.15, 0.2) is 0 Å². The van der Waals surface area contributed by atoms with Gasteiger partial charge in [0.05, 0.1) is 24.2 Å². The van der Waals surface area contributed by atoms with Gasteiger partial charge >= 0.3 is 0 Å². The molecule has 3 rings (SSSR count). The number of nitrogens with one attached hydrogen (secondary N) is 1. The van der Waals surface area contributed by atoms with Crippen molar-refractivity contribution in [2.45, 2.75) is 18.7 Å². The fourth-order valence-electron chi connectivity index (χ4n) is 3.44. The number of methoxy groups -OCH3 is 1. The van der Waals surface area contributed by atoms with Crippen molar-refractivity contribution < 1.29 is 22.7 Å². The lowest BCUT2D eigenvalue weighted by atomic mass is 10.1. The van der Waals surface area contributed by atoms with Gasteiger partial charge in [-0.15, -0.1) is 0 Å². The Balaban J connectivity index is 1.76. The van der Waals surface area contributed by atoms with E-state index in [2.05, 4.69) is 5.32 Å². The van der Waals surface area contributed by atoms with Crippen molar-refractivity contribution in [3.8, 4) is 11.5 Å². The largest absolute Gasteiger partial charge is 0.495 e. The van der Waals surface area contributed by atoms with Crippen molar-refractivity contribution in [3.63, 3.8) is 0 Å². The number of ether oxygens (including phenoxy) is 2. The number of hydrogen-bond acceptors (Lipinski definition) is 5. The molecule has 9 heteroatoms. The van der Waals surface area contributed by atoms with E-state index in [1.165, 1.54) is 25.3 Å². The van der Waals surface area contributed by atoms with E-state index >= 15 is 0 Å². The number of nitrogens with zero attached hydrogens (tertiary/aromatic N) is 1. The van der Waals surface area contributed by atoms with Crippen LogP contribution in [-0.4, -0.2) is 41.1 Å². The van der Waals surface area contributed by atoms with Crippen LogP contribution in [0, 0.1) is 13.8 Å². The van der Waals surface area contributed by atoms with E-state index < -0.39 is 22.5 Å². The summed E-state index contributed by atoms with van der Waals surface area (Å²) in [5, 5.41) is 3.03. The summed E-state index contributed by atoms with van der Waals surface area (Å²) in [5.41, 5.74) is 2.33. The van der Waals surface area contributed by atoms with E-state index in [1.54, 1.807) is 30.3 Å². The Hall–Kier alpha value is -3.23. The average Bonchev–Trinajstić information content (AvgIpc) is 2.80. The van der Waals surface area contributed by atoms with Crippen molar-refractivity contribution in [1.82, 2.24) is 5.32 Å². The van der Waals surface area contributed by atoms with Crippen LogP contribution in [0.25, 0.3) is 0 Å². The molecule has 0 spiro atoms. The number of hydrogen-bond donors (Lipinski definition) is 1. The molecule has 1 N–H and O–H groups in total. The van der Waals surface area contributed by atoms with Crippen LogP contribution in [0.2, 0.25) is 5.02 Å². The number of amides is 1. The highest BCUT2D eigenvalue weighted by molar-refractivity contribution is 7.92. The monoisotopic (exact) mass is 502 g/mol. The highest BCUT2D eigenvalue weighted by atomic mass is 35.5. The molecule has 0 unspecified atom stereocenters. The summed E-state index contributed by atoms with van der Waals surface area (Å²) in [5.74, 6) is 0.490. The summed E-state index contributed by atoms with van der Waals surface area (Å²) in [6.07, 6.45) is 0. The Morgan fingerprint density at radius 1 is 1.00 bits per heavy atom. The van der Waals surface area contributed by atoms with Crippen LogP contribution >= 0.6 is 11.6 Å². The quantitative estimate of drug-likeness (QED) is 0.416. The smallest absolute Gasteiger partial charge is 0.264 e. The number of rotatable bonds is 10. The van der Waals surface area contributed by atoms with Crippen LogP contribution in [0.15, 0.2) is 71.6 Å². The molecular formula is C25H27ClN2O5S. The minimum atomic E-state index is -4.08. The van der Waals surface area contributed by atoms with Crippen molar-refractivity contribution in [3.05, 3.63) is 82.9 Å². The molecule has 34 heavy (non-hydrogen) atoms. The van der Waals surface area contributed by atoms with Gasteiger partial charge in [0.2, 0.25) is 5.91 Å². The zero-order chi connectivity index (χ0) is 24.7. The Morgan fingerprint density at radius 2 is 1.68 bits per heavy atom. The van der Waals surface area contributed by atoms with E-state index in [1.807, 2.05) is 32.0 Å². The van der Waals surface area contributed by atoms with Gasteiger partial charge in [0.25, 0.3) is 10.0 Å². The molecule has 0 aliphatic carbocycles. The number of carbonyl (C=O) groups is 1. The Labute approximate surface area is 205 Å². The zero-order valence-corrected chi connectivity index (χ0v) is 20.8. The van der Waals surface area contributed by atoms with Crippen LogP contribution in [0.3, 0.4) is 0 Å². The van der Waals surface area contributed by atoms with E-state index in [0.29, 0.717) is 10.8 Å². The minimum Gasteiger partial charge on any atom is -0.495 e. The molecule has 0 aliphatic heterocycles. The lowest BCUT2D eigenvalue weighted by Crippen LogP contribution is -2.42. The molecule has 0 saturated carbocycles. The van der Waals surface area contributed by atoms with Gasteiger partial charge in [-0.05, 0) is 67.4 Å². The fourth-order valence-corrected chi connectivity index (χ4v) is 5.05. The second-order valence-corrected chi connectivity index (χ2v) is 9.96. The van der Waals surface area contributed by atoms with Crippen LogP contribution in [0.1, 0.15) is 11.1 Å². The standard InChI is InChI=1S/C25H27ClN2O5S/c1-18-13-19(2)15-21(14-18)33-12-11-27-25(29)17-28(23-16-20(26)9-10-24(23)32-3)34(30,31)22-7-5-4-6-8-22/h4-10,13-16H,11-12,17H2,1-3H3,(H,27,29). The molecule has 0 radical (unpaired) electrons. The molecule has 0 atom stereocenters. The average molecular weight is 503 g/mol. The summed E-state index contributed by atoms with van der Waals surface area (Å²) in [4.78, 5) is 12.8. The molecule has 0 aromatic heterocycles. The minimum absolute atomic E-state index is 0.0444. The first-order chi connectivity index (χ1) is 16.2. The van der Waals surface area contributed by atoms with Gasteiger partial charge in [-0.25, -0.2) is 8.42 Å². The maximum Gasteiger partial charge on any atom is 0.264 e. The second-order valence-electron chi connectivity index (χ2n) is 7.66. The normalized spacial score (nSPS) is 11.1. The third-order valence-corrected chi connectivity index (χ3v) is 6.93. The molecule has 0 heterocycles. The summed E-state index contributed by atoms with van der Waals surface area (Å²) < 4.78 is 38.9. The first-order valence-electron chi connectivity index (χ1n) is 10.6. The van der Waals surface area contributed by atoms with E-state index in [0.717, 1.165) is 15.4 Å². The van der Waals surface area contributed by atoms with Crippen molar-refractivity contribution in [2.24, 2.45) is 0 Å².